The minimum Gasteiger partial charge on any atom is -0.313 e. The molecular formula is C12H24N4. The predicted molar refractivity (Wildman–Crippen MR) is 67.3 cm³/mol. The first-order valence-corrected chi connectivity index (χ1v) is 6.05. The average molecular weight is 224 g/mol. The van der Waals surface area contributed by atoms with Crippen molar-refractivity contribution in [3.63, 3.8) is 0 Å². The Morgan fingerprint density at radius 3 is 2.75 bits per heavy atom. The summed E-state index contributed by atoms with van der Waals surface area (Å²) in [7, 11) is 1.96. The van der Waals surface area contributed by atoms with Crippen LogP contribution in [0.15, 0.2) is 12.4 Å². The lowest BCUT2D eigenvalue weighted by molar-refractivity contribution is 0.276. The van der Waals surface area contributed by atoms with Crippen molar-refractivity contribution in [3.05, 3.63) is 18.0 Å². The summed E-state index contributed by atoms with van der Waals surface area (Å²) in [6, 6.07) is 0.567. The Balaban J connectivity index is 2.31. The molecule has 4 heteroatoms. The van der Waals surface area contributed by atoms with Gasteiger partial charge in [-0.15, -0.1) is 0 Å². The van der Waals surface area contributed by atoms with Gasteiger partial charge in [-0.1, -0.05) is 20.8 Å². The average Bonchev–Trinajstić information content (AvgIpc) is 2.62. The summed E-state index contributed by atoms with van der Waals surface area (Å²) in [4.78, 5) is 2.42. The van der Waals surface area contributed by atoms with Crippen molar-refractivity contribution in [2.24, 2.45) is 7.05 Å². The molecule has 0 spiro atoms. The Morgan fingerprint density at radius 1 is 1.50 bits per heavy atom. The predicted octanol–water partition coefficient (Wildman–Crippen LogP) is 1.24. The third kappa shape index (κ3) is 4.77. The third-order valence-corrected chi connectivity index (χ3v) is 2.59. The maximum atomic E-state index is 4.19. The molecule has 0 aromatic carbocycles. The van der Waals surface area contributed by atoms with Gasteiger partial charge in [-0.25, -0.2) is 0 Å². The Kier molecular flexibility index (Phi) is 5.49. The molecule has 16 heavy (non-hydrogen) atoms. The number of likely N-dealkylation sites (N-methyl/N-ethyl adjacent to an activating group) is 1. The topological polar surface area (TPSA) is 33.1 Å². The van der Waals surface area contributed by atoms with E-state index in [1.807, 2.05) is 17.9 Å². The summed E-state index contributed by atoms with van der Waals surface area (Å²) >= 11 is 0. The van der Waals surface area contributed by atoms with Crippen LogP contribution in [0.5, 0.6) is 0 Å². The Bertz CT molecular complexity index is 293. The molecule has 1 N–H and O–H groups in total. The third-order valence-electron chi connectivity index (χ3n) is 2.59. The molecule has 1 aromatic heterocycles. The van der Waals surface area contributed by atoms with Crippen molar-refractivity contribution in [3.8, 4) is 0 Å². The van der Waals surface area contributed by atoms with E-state index in [0.29, 0.717) is 6.04 Å². The van der Waals surface area contributed by atoms with Crippen LogP contribution < -0.4 is 5.32 Å². The lowest BCUT2D eigenvalue weighted by Crippen LogP contribution is -2.34. The maximum absolute atomic E-state index is 4.19. The van der Waals surface area contributed by atoms with Crippen molar-refractivity contribution in [2.45, 2.75) is 33.4 Å². The Labute approximate surface area is 98.6 Å². The quantitative estimate of drug-likeness (QED) is 0.756. The molecule has 0 fully saturated rings. The van der Waals surface area contributed by atoms with E-state index >= 15 is 0 Å². The number of hydrogen-bond acceptors (Lipinski definition) is 3. The molecular weight excluding hydrogens is 200 g/mol. The SMILES string of the molecule is CCN(CCNC(C)C)Cc1cnn(C)c1. The van der Waals surface area contributed by atoms with Gasteiger partial charge in [0.2, 0.25) is 0 Å². The van der Waals surface area contributed by atoms with Gasteiger partial charge in [0.25, 0.3) is 0 Å². The van der Waals surface area contributed by atoms with E-state index in [-0.39, 0.29) is 0 Å². The monoisotopic (exact) mass is 224 g/mol. The Morgan fingerprint density at radius 2 is 2.25 bits per heavy atom. The molecule has 0 unspecified atom stereocenters. The first kappa shape index (κ1) is 13.2. The fourth-order valence-corrected chi connectivity index (χ4v) is 1.67. The van der Waals surface area contributed by atoms with E-state index in [0.717, 1.165) is 26.2 Å². The molecule has 0 aliphatic heterocycles. The number of hydrogen-bond donors (Lipinski definition) is 1. The zero-order chi connectivity index (χ0) is 12.0. The van der Waals surface area contributed by atoms with Gasteiger partial charge < -0.3 is 5.32 Å². The van der Waals surface area contributed by atoms with Gasteiger partial charge in [0.1, 0.15) is 0 Å². The maximum Gasteiger partial charge on any atom is 0.0534 e. The molecule has 0 aliphatic rings. The first-order valence-electron chi connectivity index (χ1n) is 6.05. The van der Waals surface area contributed by atoms with Crippen LogP contribution in [-0.4, -0.2) is 40.4 Å². The fourth-order valence-electron chi connectivity index (χ4n) is 1.67. The van der Waals surface area contributed by atoms with Crippen LogP contribution in [0, 0.1) is 0 Å². The number of rotatable bonds is 7. The number of aryl methyl sites for hydroxylation is 1. The van der Waals surface area contributed by atoms with E-state index in [1.165, 1.54) is 5.56 Å². The zero-order valence-electron chi connectivity index (χ0n) is 10.9. The largest absolute Gasteiger partial charge is 0.313 e. The van der Waals surface area contributed by atoms with Gasteiger partial charge in [-0.05, 0) is 6.54 Å². The molecule has 0 amide bonds. The van der Waals surface area contributed by atoms with Crippen molar-refractivity contribution in [1.29, 1.82) is 0 Å². The second-order valence-electron chi connectivity index (χ2n) is 4.50. The summed E-state index contributed by atoms with van der Waals surface area (Å²) < 4.78 is 1.86. The minimum atomic E-state index is 0.567. The lowest BCUT2D eigenvalue weighted by atomic mass is 10.3. The lowest BCUT2D eigenvalue weighted by Gasteiger charge is -2.20. The first-order chi connectivity index (χ1) is 7.61. The van der Waals surface area contributed by atoms with Crippen LogP contribution in [0.2, 0.25) is 0 Å². The number of nitrogens with one attached hydrogen (secondary N) is 1. The van der Waals surface area contributed by atoms with Gasteiger partial charge in [0.05, 0.1) is 6.20 Å². The molecule has 1 heterocycles. The normalized spacial score (nSPS) is 11.6. The molecule has 0 radical (unpaired) electrons. The standard InChI is InChI=1S/C12H24N4/c1-5-16(7-6-13-11(2)3)10-12-8-14-15(4)9-12/h8-9,11,13H,5-7,10H2,1-4H3. The summed E-state index contributed by atoms with van der Waals surface area (Å²) in [5.74, 6) is 0. The zero-order valence-corrected chi connectivity index (χ0v) is 10.9. The molecule has 4 nitrogen and oxygen atoms in total. The number of aromatic nitrogens is 2. The summed E-state index contributed by atoms with van der Waals surface area (Å²) in [5, 5.41) is 7.63. The second-order valence-corrected chi connectivity index (χ2v) is 4.50. The second kappa shape index (κ2) is 6.66. The highest BCUT2D eigenvalue weighted by molar-refractivity contribution is 5.03. The molecule has 92 valence electrons. The van der Waals surface area contributed by atoms with Crippen molar-refractivity contribution in [2.75, 3.05) is 19.6 Å². The van der Waals surface area contributed by atoms with Crippen LogP contribution in [0.4, 0.5) is 0 Å². The molecule has 0 bridgehead atoms. The molecule has 0 saturated carbocycles. The molecule has 0 saturated heterocycles. The van der Waals surface area contributed by atoms with E-state index in [2.05, 4.69) is 42.3 Å². The Hall–Kier alpha value is -0.870. The van der Waals surface area contributed by atoms with Gasteiger partial charge in [-0.3, -0.25) is 9.58 Å². The van der Waals surface area contributed by atoms with Gasteiger partial charge >= 0.3 is 0 Å². The van der Waals surface area contributed by atoms with Crippen molar-refractivity contribution in [1.82, 2.24) is 20.0 Å². The smallest absolute Gasteiger partial charge is 0.0534 e. The molecule has 0 aliphatic carbocycles. The van der Waals surface area contributed by atoms with E-state index in [1.54, 1.807) is 0 Å². The van der Waals surface area contributed by atoms with Crippen LogP contribution in [0.25, 0.3) is 0 Å². The van der Waals surface area contributed by atoms with Gasteiger partial charge in [0.15, 0.2) is 0 Å². The molecule has 1 aromatic rings. The summed E-state index contributed by atoms with van der Waals surface area (Å²) in [5.41, 5.74) is 1.29. The van der Waals surface area contributed by atoms with E-state index in [4.69, 9.17) is 0 Å². The van der Waals surface area contributed by atoms with Gasteiger partial charge in [0, 0.05) is 44.5 Å². The highest BCUT2D eigenvalue weighted by Crippen LogP contribution is 2.02. The summed E-state index contributed by atoms with van der Waals surface area (Å²) in [6.07, 6.45) is 4.02. The van der Waals surface area contributed by atoms with Crippen LogP contribution in [0.1, 0.15) is 26.3 Å². The summed E-state index contributed by atoms with van der Waals surface area (Å²) in [6.45, 7) is 10.8. The van der Waals surface area contributed by atoms with Crippen molar-refractivity contribution >= 4 is 0 Å². The van der Waals surface area contributed by atoms with E-state index < -0.39 is 0 Å². The van der Waals surface area contributed by atoms with Crippen LogP contribution in [-0.2, 0) is 13.6 Å². The fraction of sp³-hybridized carbons (Fsp3) is 0.750. The van der Waals surface area contributed by atoms with E-state index in [9.17, 15) is 0 Å². The van der Waals surface area contributed by atoms with Crippen LogP contribution >= 0.6 is 0 Å². The highest BCUT2D eigenvalue weighted by Gasteiger charge is 2.05. The highest BCUT2D eigenvalue weighted by atomic mass is 15.2. The minimum absolute atomic E-state index is 0.567. The number of nitrogens with zero attached hydrogens (tertiary/aromatic N) is 3. The van der Waals surface area contributed by atoms with Crippen molar-refractivity contribution < 1.29 is 0 Å². The van der Waals surface area contributed by atoms with Gasteiger partial charge in [-0.2, -0.15) is 5.10 Å². The molecule has 0 atom stereocenters. The van der Waals surface area contributed by atoms with Crippen LogP contribution in [0.3, 0.4) is 0 Å². The molecule has 1 rings (SSSR count).